The Bertz CT molecular complexity index is 446. The molecule has 1 aromatic carbocycles. The van der Waals surface area contributed by atoms with Crippen LogP contribution in [0.25, 0.3) is 6.08 Å². The van der Waals surface area contributed by atoms with Crippen molar-refractivity contribution in [3.05, 3.63) is 54.6 Å². The first kappa shape index (κ1) is 12.7. The van der Waals surface area contributed by atoms with E-state index in [4.69, 9.17) is 0 Å². The summed E-state index contributed by atoms with van der Waals surface area (Å²) in [5, 5.41) is 0. The summed E-state index contributed by atoms with van der Waals surface area (Å²) in [5.74, 6) is -0.129. The number of hydrogen-bond acceptors (Lipinski definition) is 3. The Morgan fingerprint density at radius 2 is 1.94 bits per heavy atom. The Labute approximate surface area is 96.2 Å². The molecule has 0 atom stereocenters. The Morgan fingerprint density at radius 1 is 1.25 bits per heavy atom. The van der Waals surface area contributed by atoms with E-state index in [2.05, 4.69) is 10.8 Å². The van der Waals surface area contributed by atoms with Crippen LogP contribution in [0.15, 0.2) is 49.1 Å². The molecule has 1 rings (SSSR count). The van der Waals surface area contributed by atoms with Crippen LogP contribution < -0.4 is 0 Å². The number of hydrogen-bond donors (Lipinski definition) is 0. The molecular weight excluding hydrogens is 224 g/mol. The van der Waals surface area contributed by atoms with Gasteiger partial charge in [-0.3, -0.25) is 4.18 Å². The minimum absolute atomic E-state index is 0.0154. The van der Waals surface area contributed by atoms with Crippen LogP contribution in [0.2, 0.25) is 0 Å². The summed E-state index contributed by atoms with van der Waals surface area (Å²) in [6.45, 7) is 3.40. The molecule has 4 heteroatoms. The van der Waals surface area contributed by atoms with E-state index in [-0.39, 0.29) is 12.4 Å². The lowest BCUT2D eigenvalue weighted by atomic mass is 10.2. The smallest absolute Gasteiger partial charge is 0.266 e. The van der Waals surface area contributed by atoms with Crippen molar-refractivity contribution in [2.75, 3.05) is 12.4 Å². The number of benzene rings is 1. The van der Waals surface area contributed by atoms with Crippen molar-refractivity contribution in [3.63, 3.8) is 0 Å². The van der Waals surface area contributed by atoms with Crippen LogP contribution in [0.3, 0.4) is 0 Å². The SMILES string of the molecule is C=CCOS(=O)(=O)CC=Cc1ccccc1. The maximum Gasteiger partial charge on any atom is 0.271 e. The van der Waals surface area contributed by atoms with Crippen LogP contribution in [-0.4, -0.2) is 20.8 Å². The van der Waals surface area contributed by atoms with Gasteiger partial charge in [0.05, 0.1) is 12.4 Å². The zero-order chi connectivity index (χ0) is 11.9. The van der Waals surface area contributed by atoms with Crippen molar-refractivity contribution in [3.8, 4) is 0 Å². The van der Waals surface area contributed by atoms with Crippen LogP contribution in [0.1, 0.15) is 5.56 Å². The molecule has 0 aliphatic carbocycles. The molecular formula is C12H14O3S. The summed E-state index contributed by atoms with van der Waals surface area (Å²) >= 11 is 0. The lowest BCUT2D eigenvalue weighted by Crippen LogP contribution is -2.08. The fourth-order valence-corrected chi connectivity index (χ4v) is 1.80. The largest absolute Gasteiger partial charge is 0.271 e. The molecule has 0 heterocycles. The molecule has 0 fully saturated rings. The predicted octanol–water partition coefficient (Wildman–Crippen LogP) is 2.23. The Morgan fingerprint density at radius 3 is 2.56 bits per heavy atom. The number of rotatable bonds is 6. The van der Waals surface area contributed by atoms with Crippen LogP contribution in [0.5, 0.6) is 0 Å². The van der Waals surface area contributed by atoms with E-state index >= 15 is 0 Å². The third kappa shape index (κ3) is 4.91. The van der Waals surface area contributed by atoms with Crippen molar-refractivity contribution in [1.82, 2.24) is 0 Å². The van der Waals surface area contributed by atoms with E-state index in [1.165, 1.54) is 6.08 Å². The fraction of sp³-hybridized carbons (Fsp3) is 0.167. The van der Waals surface area contributed by atoms with Crippen molar-refractivity contribution in [2.45, 2.75) is 0 Å². The molecule has 0 N–H and O–H groups in total. The lowest BCUT2D eigenvalue weighted by Gasteiger charge is -1.99. The standard InChI is InChI=1S/C12H14O3S/c1-2-10-15-16(13,14)11-6-9-12-7-4-3-5-8-12/h2-9H,1,10-11H2. The van der Waals surface area contributed by atoms with Crippen molar-refractivity contribution in [2.24, 2.45) is 0 Å². The summed E-state index contributed by atoms with van der Waals surface area (Å²) < 4.78 is 27.1. The highest BCUT2D eigenvalue weighted by molar-refractivity contribution is 7.86. The quantitative estimate of drug-likeness (QED) is 0.564. The minimum Gasteiger partial charge on any atom is -0.266 e. The van der Waals surface area contributed by atoms with E-state index in [1.807, 2.05) is 30.3 Å². The van der Waals surface area contributed by atoms with E-state index in [0.717, 1.165) is 5.56 Å². The second-order valence-corrected chi connectivity index (χ2v) is 4.79. The second kappa shape index (κ2) is 6.25. The molecule has 0 saturated heterocycles. The van der Waals surface area contributed by atoms with Gasteiger partial charge in [0, 0.05) is 0 Å². The first-order chi connectivity index (χ1) is 7.64. The highest BCUT2D eigenvalue weighted by atomic mass is 32.2. The summed E-state index contributed by atoms with van der Waals surface area (Å²) in [7, 11) is -3.47. The average Bonchev–Trinajstić information content (AvgIpc) is 2.28. The molecule has 1 aromatic rings. The molecule has 0 aliphatic rings. The van der Waals surface area contributed by atoms with Gasteiger partial charge >= 0.3 is 0 Å². The molecule has 0 unspecified atom stereocenters. The molecule has 0 aliphatic heterocycles. The first-order valence-electron chi connectivity index (χ1n) is 4.83. The van der Waals surface area contributed by atoms with Gasteiger partial charge in [0.15, 0.2) is 0 Å². The van der Waals surface area contributed by atoms with E-state index in [1.54, 1.807) is 12.2 Å². The first-order valence-corrected chi connectivity index (χ1v) is 6.41. The minimum atomic E-state index is -3.47. The van der Waals surface area contributed by atoms with Gasteiger partial charge in [0.25, 0.3) is 10.1 Å². The predicted molar refractivity (Wildman–Crippen MR) is 65.4 cm³/mol. The second-order valence-electron chi connectivity index (χ2n) is 3.11. The van der Waals surface area contributed by atoms with Gasteiger partial charge in [-0.25, -0.2) is 0 Å². The van der Waals surface area contributed by atoms with Crippen LogP contribution in [0.4, 0.5) is 0 Å². The molecule has 0 aromatic heterocycles. The third-order valence-corrected chi connectivity index (χ3v) is 2.87. The summed E-state index contributed by atoms with van der Waals surface area (Å²) in [6, 6.07) is 9.48. The molecule has 0 saturated carbocycles. The molecule has 3 nitrogen and oxygen atoms in total. The maximum absolute atomic E-state index is 11.3. The van der Waals surface area contributed by atoms with E-state index in [9.17, 15) is 8.42 Å². The highest BCUT2D eigenvalue weighted by Gasteiger charge is 2.06. The van der Waals surface area contributed by atoms with Crippen molar-refractivity contribution >= 4 is 16.2 Å². The van der Waals surface area contributed by atoms with Gasteiger partial charge in [-0.1, -0.05) is 48.6 Å². The van der Waals surface area contributed by atoms with Gasteiger partial charge in [0.2, 0.25) is 0 Å². The highest BCUT2D eigenvalue weighted by Crippen LogP contribution is 2.02. The fourth-order valence-electron chi connectivity index (χ4n) is 1.07. The lowest BCUT2D eigenvalue weighted by molar-refractivity contribution is 0.359. The zero-order valence-corrected chi connectivity index (χ0v) is 9.69. The third-order valence-electron chi connectivity index (χ3n) is 1.78. The Hall–Kier alpha value is -1.39. The van der Waals surface area contributed by atoms with Gasteiger partial charge in [-0.15, -0.1) is 6.58 Å². The molecule has 0 amide bonds. The van der Waals surface area contributed by atoms with E-state index in [0.29, 0.717) is 0 Å². The summed E-state index contributed by atoms with van der Waals surface area (Å²) in [4.78, 5) is 0. The Balaban J connectivity index is 2.51. The molecule has 0 bridgehead atoms. The average molecular weight is 238 g/mol. The molecule has 86 valence electrons. The van der Waals surface area contributed by atoms with Gasteiger partial charge in [-0.2, -0.15) is 8.42 Å². The monoisotopic (exact) mass is 238 g/mol. The molecule has 0 spiro atoms. The molecule has 16 heavy (non-hydrogen) atoms. The van der Waals surface area contributed by atoms with Gasteiger partial charge in [0.1, 0.15) is 0 Å². The van der Waals surface area contributed by atoms with Crippen LogP contribution >= 0.6 is 0 Å². The van der Waals surface area contributed by atoms with Crippen LogP contribution in [0, 0.1) is 0 Å². The van der Waals surface area contributed by atoms with Crippen molar-refractivity contribution in [1.29, 1.82) is 0 Å². The summed E-state index contributed by atoms with van der Waals surface area (Å²) in [6.07, 6.45) is 4.71. The topological polar surface area (TPSA) is 43.4 Å². The maximum atomic E-state index is 11.3. The van der Waals surface area contributed by atoms with Gasteiger partial charge < -0.3 is 0 Å². The Kier molecular flexibility index (Phi) is 4.95. The van der Waals surface area contributed by atoms with E-state index < -0.39 is 10.1 Å². The molecule has 0 radical (unpaired) electrons. The van der Waals surface area contributed by atoms with Crippen molar-refractivity contribution < 1.29 is 12.6 Å². The zero-order valence-electron chi connectivity index (χ0n) is 8.87. The van der Waals surface area contributed by atoms with Crippen LogP contribution in [-0.2, 0) is 14.3 Å². The summed E-state index contributed by atoms with van der Waals surface area (Å²) in [5.41, 5.74) is 0.960. The normalized spacial score (nSPS) is 11.8. The van der Waals surface area contributed by atoms with Gasteiger partial charge in [-0.05, 0) is 5.56 Å².